The number of rotatable bonds is 8. The highest BCUT2D eigenvalue weighted by atomic mass is 16.5. The van der Waals surface area contributed by atoms with Crippen LogP contribution in [0.2, 0.25) is 0 Å². The van der Waals surface area contributed by atoms with E-state index in [0.29, 0.717) is 24.5 Å². The first-order chi connectivity index (χ1) is 14.7. The van der Waals surface area contributed by atoms with Crippen molar-refractivity contribution < 1.29 is 18.7 Å². The Balaban J connectivity index is 1.28. The van der Waals surface area contributed by atoms with Crippen LogP contribution in [0.5, 0.6) is 17.2 Å². The van der Waals surface area contributed by atoms with Crippen LogP contribution in [0.25, 0.3) is 0 Å². The van der Waals surface area contributed by atoms with Crippen LogP contribution >= 0.6 is 0 Å². The van der Waals surface area contributed by atoms with Crippen molar-refractivity contribution in [2.75, 3.05) is 5.32 Å². The molecule has 4 aromatic rings. The van der Waals surface area contributed by atoms with Crippen molar-refractivity contribution in [2.45, 2.75) is 13.0 Å². The predicted molar refractivity (Wildman–Crippen MR) is 115 cm³/mol. The van der Waals surface area contributed by atoms with Gasteiger partial charge in [-0.2, -0.15) is 0 Å². The van der Waals surface area contributed by atoms with Gasteiger partial charge >= 0.3 is 0 Å². The number of ether oxygens (including phenoxy) is 2. The first-order valence-electron chi connectivity index (χ1n) is 9.61. The summed E-state index contributed by atoms with van der Waals surface area (Å²) in [6, 6.07) is 28.0. The first-order valence-corrected chi connectivity index (χ1v) is 9.61. The molecule has 5 heteroatoms. The molecule has 150 valence electrons. The second kappa shape index (κ2) is 9.47. The number of furan rings is 1. The van der Waals surface area contributed by atoms with Crippen molar-refractivity contribution in [2.24, 2.45) is 0 Å². The zero-order valence-electron chi connectivity index (χ0n) is 16.3. The van der Waals surface area contributed by atoms with Gasteiger partial charge in [0, 0.05) is 5.69 Å². The van der Waals surface area contributed by atoms with Gasteiger partial charge < -0.3 is 19.2 Å². The lowest BCUT2D eigenvalue weighted by Gasteiger charge is -2.09. The number of carbonyl (C=O) groups is 1. The predicted octanol–water partition coefficient (Wildman–Crippen LogP) is 5.83. The number of amides is 1. The standard InChI is InChI=1S/C25H21NO4/c27-25(26-20-5-2-1-3-6-20)17-19-8-10-22(11-9-19)30-23-14-12-21(13-15-23)29-18-24-7-4-16-28-24/h1-16H,17-18H2,(H,26,27). The highest BCUT2D eigenvalue weighted by Gasteiger charge is 2.05. The van der Waals surface area contributed by atoms with Crippen LogP contribution in [0.3, 0.4) is 0 Å². The van der Waals surface area contributed by atoms with Crippen molar-refractivity contribution >= 4 is 11.6 Å². The fourth-order valence-electron chi connectivity index (χ4n) is 2.88. The van der Waals surface area contributed by atoms with Gasteiger partial charge in [-0.1, -0.05) is 30.3 Å². The van der Waals surface area contributed by atoms with Gasteiger partial charge in [-0.15, -0.1) is 0 Å². The normalized spacial score (nSPS) is 10.4. The molecular formula is C25H21NO4. The Kier molecular flexibility index (Phi) is 6.11. The molecule has 0 fully saturated rings. The molecule has 3 aromatic carbocycles. The largest absolute Gasteiger partial charge is 0.486 e. The fraction of sp³-hybridized carbons (Fsp3) is 0.0800. The zero-order valence-corrected chi connectivity index (χ0v) is 16.3. The van der Waals surface area contributed by atoms with E-state index in [1.165, 1.54) is 0 Å². The summed E-state index contributed by atoms with van der Waals surface area (Å²) in [7, 11) is 0. The Labute approximate surface area is 174 Å². The van der Waals surface area contributed by atoms with E-state index in [-0.39, 0.29) is 5.91 Å². The molecule has 0 saturated carbocycles. The lowest BCUT2D eigenvalue weighted by molar-refractivity contribution is -0.115. The number of hydrogen-bond acceptors (Lipinski definition) is 4. The molecule has 30 heavy (non-hydrogen) atoms. The minimum absolute atomic E-state index is 0.0556. The van der Waals surface area contributed by atoms with E-state index < -0.39 is 0 Å². The molecule has 0 bridgehead atoms. The third kappa shape index (κ3) is 5.52. The number of carbonyl (C=O) groups excluding carboxylic acids is 1. The molecule has 1 aromatic heterocycles. The van der Waals surface area contributed by atoms with Gasteiger partial charge in [0.15, 0.2) is 0 Å². The molecule has 1 N–H and O–H groups in total. The second-order valence-electron chi connectivity index (χ2n) is 6.68. The molecule has 0 aliphatic heterocycles. The Morgan fingerprint density at radius 2 is 1.43 bits per heavy atom. The number of anilines is 1. The molecule has 5 nitrogen and oxygen atoms in total. The summed E-state index contributed by atoms with van der Waals surface area (Å²) in [4.78, 5) is 12.2. The van der Waals surface area contributed by atoms with Gasteiger partial charge in [-0.25, -0.2) is 0 Å². The quantitative estimate of drug-likeness (QED) is 0.405. The summed E-state index contributed by atoms with van der Waals surface area (Å²) >= 11 is 0. The summed E-state index contributed by atoms with van der Waals surface area (Å²) in [5.74, 6) is 2.85. The van der Waals surface area contributed by atoms with E-state index in [0.717, 1.165) is 22.8 Å². The van der Waals surface area contributed by atoms with E-state index in [4.69, 9.17) is 13.9 Å². The summed E-state index contributed by atoms with van der Waals surface area (Å²) in [6.45, 7) is 0.381. The number of nitrogens with one attached hydrogen (secondary N) is 1. The van der Waals surface area contributed by atoms with Crippen LogP contribution in [0.4, 0.5) is 5.69 Å². The minimum Gasteiger partial charge on any atom is -0.486 e. The maximum Gasteiger partial charge on any atom is 0.228 e. The van der Waals surface area contributed by atoms with Crippen LogP contribution in [0.15, 0.2) is 102 Å². The van der Waals surface area contributed by atoms with Gasteiger partial charge in [0.1, 0.15) is 29.6 Å². The molecule has 1 heterocycles. The molecule has 1 amide bonds. The third-order valence-electron chi connectivity index (χ3n) is 4.37. The lowest BCUT2D eigenvalue weighted by Crippen LogP contribution is -2.14. The average molecular weight is 399 g/mol. The molecule has 0 radical (unpaired) electrons. The van der Waals surface area contributed by atoms with E-state index in [1.54, 1.807) is 6.26 Å². The maximum atomic E-state index is 12.2. The summed E-state index contributed by atoms with van der Waals surface area (Å²) in [5, 5.41) is 2.88. The highest BCUT2D eigenvalue weighted by Crippen LogP contribution is 2.25. The fourth-order valence-corrected chi connectivity index (χ4v) is 2.88. The summed E-state index contributed by atoms with van der Waals surface area (Å²) < 4.78 is 16.8. The smallest absolute Gasteiger partial charge is 0.228 e. The number of hydrogen-bond donors (Lipinski definition) is 1. The molecule has 0 spiro atoms. The Bertz CT molecular complexity index is 1060. The van der Waals surface area contributed by atoms with Crippen LogP contribution in [-0.2, 0) is 17.8 Å². The van der Waals surface area contributed by atoms with Gasteiger partial charge in [0.2, 0.25) is 5.91 Å². The Morgan fingerprint density at radius 3 is 2.10 bits per heavy atom. The maximum absolute atomic E-state index is 12.2. The van der Waals surface area contributed by atoms with Gasteiger partial charge in [-0.3, -0.25) is 4.79 Å². The third-order valence-corrected chi connectivity index (χ3v) is 4.37. The Morgan fingerprint density at radius 1 is 0.767 bits per heavy atom. The molecule has 0 atom stereocenters. The van der Waals surface area contributed by atoms with Crippen molar-refractivity contribution in [3.05, 3.63) is 109 Å². The molecule has 0 unspecified atom stereocenters. The lowest BCUT2D eigenvalue weighted by atomic mass is 10.1. The van der Waals surface area contributed by atoms with E-state index >= 15 is 0 Å². The highest BCUT2D eigenvalue weighted by molar-refractivity contribution is 5.92. The van der Waals surface area contributed by atoms with Crippen molar-refractivity contribution in [1.82, 2.24) is 0 Å². The number of para-hydroxylation sites is 1. The second-order valence-corrected chi connectivity index (χ2v) is 6.68. The Hall–Kier alpha value is -3.99. The van der Waals surface area contributed by atoms with Crippen molar-refractivity contribution in [3.63, 3.8) is 0 Å². The molecule has 0 saturated heterocycles. The molecule has 0 aliphatic carbocycles. The van der Waals surface area contributed by atoms with E-state index in [9.17, 15) is 4.79 Å². The van der Waals surface area contributed by atoms with E-state index in [1.807, 2.05) is 91.0 Å². The van der Waals surface area contributed by atoms with E-state index in [2.05, 4.69) is 5.32 Å². The van der Waals surface area contributed by atoms with Crippen LogP contribution in [0.1, 0.15) is 11.3 Å². The topological polar surface area (TPSA) is 60.7 Å². The molecular weight excluding hydrogens is 378 g/mol. The summed E-state index contributed by atoms with van der Waals surface area (Å²) in [6.07, 6.45) is 1.92. The van der Waals surface area contributed by atoms with Gasteiger partial charge in [0.25, 0.3) is 0 Å². The van der Waals surface area contributed by atoms with Crippen LogP contribution in [0, 0.1) is 0 Å². The SMILES string of the molecule is O=C(Cc1ccc(Oc2ccc(OCc3ccco3)cc2)cc1)Nc1ccccc1. The van der Waals surface area contributed by atoms with Crippen LogP contribution < -0.4 is 14.8 Å². The zero-order chi connectivity index (χ0) is 20.6. The van der Waals surface area contributed by atoms with Crippen molar-refractivity contribution in [1.29, 1.82) is 0 Å². The van der Waals surface area contributed by atoms with Gasteiger partial charge in [-0.05, 0) is 66.2 Å². The average Bonchev–Trinajstić information content (AvgIpc) is 3.29. The molecule has 0 aliphatic rings. The van der Waals surface area contributed by atoms with Crippen LogP contribution in [-0.4, -0.2) is 5.91 Å². The minimum atomic E-state index is -0.0556. The van der Waals surface area contributed by atoms with Gasteiger partial charge in [0.05, 0.1) is 12.7 Å². The summed E-state index contributed by atoms with van der Waals surface area (Å²) in [5.41, 5.74) is 1.71. The molecule has 4 rings (SSSR count). The number of benzene rings is 3. The van der Waals surface area contributed by atoms with Crippen molar-refractivity contribution in [3.8, 4) is 17.2 Å². The first kappa shape index (κ1) is 19.3. The monoisotopic (exact) mass is 399 g/mol.